The van der Waals surface area contributed by atoms with E-state index in [2.05, 4.69) is 19.9 Å². The van der Waals surface area contributed by atoms with Gasteiger partial charge in [-0.15, -0.1) is 0 Å². The van der Waals surface area contributed by atoms with Crippen LogP contribution in [0.2, 0.25) is 0 Å². The number of hydrogen-bond donors (Lipinski definition) is 0. The quantitative estimate of drug-likeness (QED) is 0.868. The van der Waals surface area contributed by atoms with Gasteiger partial charge in [0.2, 0.25) is 0 Å². The summed E-state index contributed by atoms with van der Waals surface area (Å²) in [6, 6.07) is 4.82. The fourth-order valence-corrected chi connectivity index (χ4v) is 2.58. The predicted molar refractivity (Wildman–Crippen MR) is 79.9 cm³/mol. The van der Waals surface area contributed by atoms with Crippen molar-refractivity contribution in [2.75, 3.05) is 13.1 Å². The third-order valence-corrected chi connectivity index (χ3v) is 3.75. The molecule has 1 aliphatic heterocycles. The third kappa shape index (κ3) is 3.76. The van der Waals surface area contributed by atoms with Crippen LogP contribution in [0.25, 0.3) is 0 Å². The zero-order valence-corrected chi connectivity index (χ0v) is 12.6. The number of aryl methyl sites for hydroxylation is 1. The molecule has 22 heavy (non-hydrogen) atoms. The van der Waals surface area contributed by atoms with E-state index in [1.165, 1.54) is 6.07 Å². The van der Waals surface area contributed by atoms with Crippen LogP contribution in [0.3, 0.4) is 0 Å². The van der Waals surface area contributed by atoms with Crippen LogP contribution in [0.15, 0.2) is 30.6 Å². The number of hydrogen-bond acceptors (Lipinski definition) is 5. The molecule has 0 bridgehead atoms. The summed E-state index contributed by atoms with van der Waals surface area (Å²) in [5.41, 5.74) is 0.980. The molecule has 0 radical (unpaired) electrons. The first-order valence-electron chi connectivity index (χ1n) is 7.49. The maximum atomic E-state index is 13.5. The molecule has 116 valence electrons. The molecule has 1 fully saturated rings. The van der Waals surface area contributed by atoms with Crippen molar-refractivity contribution in [3.63, 3.8) is 0 Å². The number of halogens is 1. The second kappa shape index (κ2) is 6.79. The minimum atomic E-state index is -0.405. The van der Waals surface area contributed by atoms with Crippen LogP contribution in [-0.2, 0) is 6.54 Å². The SMILES string of the molecule is Cc1ccnc(CN2CCC(Oc3ncccc3F)CC2)n1. The summed E-state index contributed by atoms with van der Waals surface area (Å²) in [7, 11) is 0. The Labute approximate surface area is 129 Å². The number of ether oxygens (including phenoxy) is 1. The Bertz CT molecular complexity index is 629. The molecule has 3 rings (SSSR count). The molecule has 0 N–H and O–H groups in total. The highest BCUT2D eigenvalue weighted by Gasteiger charge is 2.22. The third-order valence-electron chi connectivity index (χ3n) is 3.75. The minimum absolute atomic E-state index is 0.0130. The highest BCUT2D eigenvalue weighted by molar-refractivity contribution is 5.13. The molecule has 2 aromatic heterocycles. The van der Waals surface area contributed by atoms with Crippen molar-refractivity contribution >= 4 is 0 Å². The van der Waals surface area contributed by atoms with E-state index < -0.39 is 5.82 Å². The summed E-state index contributed by atoms with van der Waals surface area (Å²) < 4.78 is 19.2. The molecule has 0 aromatic carbocycles. The maximum absolute atomic E-state index is 13.5. The predicted octanol–water partition coefficient (Wildman–Crippen LogP) is 2.36. The summed E-state index contributed by atoms with van der Waals surface area (Å²) in [5.74, 6) is 0.538. The van der Waals surface area contributed by atoms with Gasteiger partial charge in [0.1, 0.15) is 11.9 Å². The van der Waals surface area contributed by atoms with E-state index in [1.807, 2.05) is 13.0 Å². The summed E-state index contributed by atoms with van der Waals surface area (Å²) >= 11 is 0. The lowest BCUT2D eigenvalue weighted by molar-refractivity contribution is 0.0883. The molecule has 0 spiro atoms. The number of pyridine rings is 1. The van der Waals surface area contributed by atoms with Gasteiger partial charge in [-0.1, -0.05) is 0 Å². The van der Waals surface area contributed by atoms with Gasteiger partial charge in [0.25, 0.3) is 5.88 Å². The van der Waals surface area contributed by atoms with Gasteiger partial charge >= 0.3 is 0 Å². The van der Waals surface area contributed by atoms with Crippen molar-refractivity contribution in [3.05, 3.63) is 47.9 Å². The van der Waals surface area contributed by atoms with Crippen molar-refractivity contribution in [1.29, 1.82) is 0 Å². The lowest BCUT2D eigenvalue weighted by Crippen LogP contribution is -2.38. The first kappa shape index (κ1) is 14.8. The molecular weight excluding hydrogens is 283 g/mol. The maximum Gasteiger partial charge on any atom is 0.250 e. The first-order chi connectivity index (χ1) is 10.7. The number of aromatic nitrogens is 3. The molecule has 1 saturated heterocycles. The van der Waals surface area contributed by atoms with E-state index >= 15 is 0 Å². The average molecular weight is 302 g/mol. The number of rotatable bonds is 4. The molecule has 3 heterocycles. The summed E-state index contributed by atoms with van der Waals surface area (Å²) in [6.07, 6.45) is 5.04. The Kier molecular flexibility index (Phi) is 4.58. The molecular formula is C16H19FN4O. The Balaban J connectivity index is 1.51. The molecule has 1 aliphatic rings. The highest BCUT2D eigenvalue weighted by atomic mass is 19.1. The van der Waals surface area contributed by atoms with Gasteiger partial charge in [0, 0.05) is 31.2 Å². The van der Waals surface area contributed by atoms with Crippen LogP contribution >= 0.6 is 0 Å². The smallest absolute Gasteiger partial charge is 0.250 e. The lowest BCUT2D eigenvalue weighted by Gasteiger charge is -2.31. The number of piperidine rings is 1. The first-order valence-corrected chi connectivity index (χ1v) is 7.49. The van der Waals surface area contributed by atoms with Crippen molar-refractivity contribution in [2.24, 2.45) is 0 Å². The molecule has 0 atom stereocenters. The summed E-state index contributed by atoms with van der Waals surface area (Å²) in [6.45, 7) is 4.48. The topological polar surface area (TPSA) is 51.1 Å². The largest absolute Gasteiger partial charge is 0.472 e. The second-order valence-electron chi connectivity index (χ2n) is 5.50. The van der Waals surface area contributed by atoms with Crippen molar-refractivity contribution in [3.8, 4) is 5.88 Å². The molecule has 0 aliphatic carbocycles. The Morgan fingerprint density at radius 3 is 2.77 bits per heavy atom. The normalized spacial score (nSPS) is 16.6. The van der Waals surface area contributed by atoms with Gasteiger partial charge in [0.05, 0.1) is 6.54 Å². The van der Waals surface area contributed by atoms with E-state index in [4.69, 9.17) is 4.74 Å². The Morgan fingerprint density at radius 2 is 2.05 bits per heavy atom. The van der Waals surface area contributed by atoms with Crippen LogP contribution in [0.1, 0.15) is 24.4 Å². The zero-order chi connectivity index (χ0) is 15.4. The summed E-state index contributed by atoms with van der Waals surface area (Å²) in [5, 5.41) is 0. The van der Waals surface area contributed by atoms with Gasteiger partial charge < -0.3 is 4.74 Å². The van der Waals surface area contributed by atoms with Crippen molar-refractivity contribution in [2.45, 2.75) is 32.4 Å². The molecule has 0 amide bonds. The van der Waals surface area contributed by atoms with Gasteiger partial charge in [0.15, 0.2) is 5.82 Å². The highest BCUT2D eigenvalue weighted by Crippen LogP contribution is 2.20. The van der Waals surface area contributed by atoms with Crippen LogP contribution in [0, 0.1) is 12.7 Å². The number of nitrogens with zero attached hydrogens (tertiary/aromatic N) is 4. The fourth-order valence-electron chi connectivity index (χ4n) is 2.58. The molecule has 2 aromatic rings. The van der Waals surface area contributed by atoms with Gasteiger partial charge in [-0.25, -0.2) is 19.3 Å². The zero-order valence-electron chi connectivity index (χ0n) is 12.6. The van der Waals surface area contributed by atoms with E-state index in [9.17, 15) is 4.39 Å². The summed E-state index contributed by atoms with van der Waals surface area (Å²) in [4.78, 5) is 14.9. The second-order valence-corrected chi connectivity index (χ2v) is 5.50. The Morgan fingerprint density at radius 1 is 1.23 bits per heavy atom. The van der Waals surface area contributed by atoms with Crippen LogP contribution in [-0.4, -0.2) is 39.0 Å². The van der Waals surface area contributed by atoms with Crippen LogP contribution in [0.5, 0.6) is 5.88 Å². The van der Waals surface area contributed by atoms with E-state index in [0.29, 0.717) is 0 Å². The van der Waals surface area contributed by atoms with Crippen LogP contribution in [0.4, 0.5) is 4.39 Å². The van der Waals surface area contributed by atoms with E-state index in [-0.39, 0.29) is 12.0 Å². The molecule has 6 heteroatoms. The fraction of sp³-hybridized carbons (Fsp3) is 0.438. The minimum Gasteiger partial charge on any atom is -0.472 e. The Hall–Kier alpha value is -2.08. The number of likely N-dealkylation sites (tertiary alicyclic amines) is 1. The van der Waals surface area contributed by atoms with Crippen molar-refractivity contribution < 1.29 is 9.13 Å². The van der Waals surface area contributed by atoms with Gasteiger partial charge in [-0.3, -0.25) is 4.90 Å². The van der Waals surface area contributed by atoms with Gasteiger partial charge in [-0.2, -0.15) is 0 Å². The van der Waals surface area contributed by atoms with Crippen LogP contribution < -0.4 is 4.74 Å². The lowest BCUT2D eigenvalue weighted by atomic mass is 10.1. The molecule has 0 unspecified atom stereocenters. The standard InChI is InChI=1S/C16H19FN4O/c1-12-4-8-18-15(20-12)11-21-9-5-13(6-10-21)22-16-14(17)3-2-7-19-16/h2-4,7-8,13H,5-6,9-11H2,1H3. The van der Waals surface area contributed by atoms with E-state index in [0.717, 1.165) is 44.0 Å². The van der Waals surface area contributed by atoms with E-state index in [1.54, 1.807) is 18.5 Å². The molecule has 0 saturated carbocycles. The molecule has 5 nitrogen and oxygen atoms in total. The van der Waals surface area contributed by atoms with Gasteiger partial charge in [-0.05, 0) is 38.0 Å². The van der Waals surface area contributed by atoms with Crippen molar-refractivity contribution in [1.82, 2.24) is 19.9 Å². The average Bonchev–Trinajstić information content (AvgIpc) is 2.52. The monoisotopic (exact) mass is 302 g/mol.